The minimum Gasteiger partial charge on any atom is -0.759 e. The first kappa shape index (κ1) is 31.0. The molecule has 0 aromatic rings. The number of hydrogen-bond acceptors (Lipinski definition) is 12. The van der Waals surface area contributed by atoms with Crippen LogP contribution in [0.5, 0.6) is 0 Å². The van der Waals surface area contributed by atoms with Crippen LogP contribution in [0.4, 0.5) is 0 Å². The van der Waals surface area contributed by atoms with E-state index < -0.39 is 31.2 Å². The van der Waals surface area contributed by atoms with E-state index in [1.165, 1.54) is 0 Å². The van der Waals surface area contributed by atoms with E-state index >= 15 is 0 Å². The molecule has 0 aliphatic carbocycles. The van der Waals surface area contributed by atoms with Gasteiger partial charge in [-0.3, -0.25) is 25.3 Å². The first-order chi connectivity index (χ1) is 6.00. The minimum absolute atomic E-state index is 0. The van der Waals surface area contributed by atoms with E-state index in [1.54, 1.807) is 0 Å². The molecular weight excluding hydrogens is 619 g/mol. The van der Waals surface area contributed by atoms with E-state index in [9.17, 15) is 0 Å². The summed E-state index contributed by atoms with van der Waals surface area (Å²) in [5.74, 6) is 0. The van der Waals surface area contributed by atoms with E-state index in [1.807, 2.05) is 0 Å². The van der Waals surface area contributed by atoms with Crippen molar-refractivity contribution in [3.8, 4) is 0 Å². The summed E-state index contributed by atoms with van der Waals surface area (Å²) in [7, 11) is -15.5. The van der Waals surface area contributed by atoms with Crippen LogP contribution in [0.1, 0.15) is 0 Å². The Hall–Kier alpha value is 1.31. The molecule has 17 heavy (non-hydrogen) atoms. The molecule has 0 saturated heterocycles. The Morgan fingerprint density at radius 2 is 0.471 bits per heavy atom. The summed E-state index contributed by atoms with van der Waals surface area (Å²) in [5, 5.41) is 0. The fraction of sp³-hybridized carbons (Fsp3) is 0. The van der Waals surface area contributed by atoms with E-state index in [4.69, 9.17) is 52.6 Å². The van der Waals surface area contributed by atoms with Gasteiger partial charge in [-0.25, -0.2) is 0 Å². The fourth-order valence-electron chi connectivity index (χ4n) is 0. The molecule has 0 aliphatic rings. The van der Waals surface area contributed by atoms with E-state index in [0.29, 0.717) is 0 Å². The molecule has 0 fully saturated rings. The fourth-order valence-corrected chi connectivity index (χ4v) is 0. The average molecular weight is 619 g/mol. The molecule has 0 bridgehead atoms. The first-order valence-electron chi connectivity index (χ1n) is 2.00. The van der Waals surface area contributed by atoms with Crippen molar-refractivity contribution in [3.05, 3.63) is 0 Å². The maximum absolute atomic E-state index is 8.52. The zero-order chi connectivity index (χ0) is 13.5. The Morgan fingerprint density at radius 1 is 0.471 bits per heavy atom. The molecule has 0 saturated carbocycles. The van der Waals surface area contributed by atoms with Gasteiger partial charge >= 0.3 is 50.6 Å². The van der Waals surface area contributed by atoms with Crippen LogP contribution in [-0.4, -0.2) is 103 Å². The summed E-state index contributed by atoms with van der Waals surface area (Å²) in [6, 6.07) is 0. The number of hydrogen-bond donors (Lipinski definition) is 0. The summed E-state index contributed by atoms with van der Waals surface area (Å²) in [6.07, 6.45) is 0. The van der Waals surface area contributed by atoms with Gasteiger partial charge < -0.3 is 27.3 Å². The molecule has 100 valence electrons. The molecule has 0 amide bonds. The normalized spacial score (nSPS) is 10.2. The van der Waals surface area contributed by atoms with Crippen molar-refractivity contribution < 1.29 is 52.6 Å². The van der Waals surface area contributed by atoms with Crippen LogP contribution >= 0.6 is 0 Å². The largest absolute Gasteiger partial charge is 3.00 e. The second kappa shape index (κ2) is 12.4. The van der Waals surface area contributed by atoms with Crippen LogP contribution in [0, 0.1) is 0 Å². The standard InChI is InChI=1S/Bi.3H2O4S.Sb/c;3*1-5(2,3)4;/h;3*(H2,1,2,3,4);/q+3;;;;+3/p-6. The van der Waals surface area contributed by atoms with Crippen molar-refractivity contribution in [3.63, 3.8) is 0 Å². The van der Waals surface area contributed by atoms with Gasteiger partial charge in [-0.1, -0.05) is 0 Å². The zero-order valence-electron chi connectivity index (χ0n) is 7.02. The molecular formula is BiO12S3Sb. The van der Waals surface area contributed by atoms with Crippen molar-refractivity contribution in [1.29, 1.82) is 0 Å². The monoisotopic (exact) mass is 618 g/mol. The second-order valence-electron chi connectivity index (χ2n) is 1.22. The van der Waals surface area contributed by atoms with Crippen LogP contribution in [0.2, 0.25) is 0 Å². The minimum atomic E-state index is -5.17. The first-order valence-corrected chi connectivity index (χ1v) is 6.00. The molecule has 0 rings (SSSR count). The van der Waals surface area contributed by atoms with Crippen LogP contribution in [0.15, 0.2) is 0 Å². The Kier molecular flexibility index (Phi) is 22.5. The Labute approximate surface area is 133 Å². The van der Waals surface area contributed by atoms with E-state index in [0.717, 1.165) is 0 Å². The maximum Gasteiger partial charge on any atom is 3.00 e. The molecule has 4 radical (unpaired) electrons. The SMILES string of the molecule is O=S(=O)([O-])[O-].O=S(=O)([O-])[O-].O=S(=O)([O-])[O-].[Bi+3].[Sb+3]. The quantitative estimate of drug-likeness (QED) is 0.141. The predicted molar refractivity (Wildman–Crippen MR) is 42.9 cm³/mol. The van der Waals surface area contributed by atoms with Crippen molar-refractivity contribution in [2.45, 2.75) is 0 Å². The van der Waals surface area contributed by atoms with Gasteiger partial charge in [-0.2, -0.15) is 0 Å². The van der Waals surface area contributed by atoms with Gasteiger partial charge in [0.2, 0.25) is 0 Å². The second-order valence-corrected chi connectivity index (χ2v) is 3.67. The molecule has 0 atom stereocenters. The van der Waals surface area contributed by atoms with Gasteiger partial charge in [0.15, 0.2) is 0 Å². The summed E-state index contributed by atoms with van der Waals surface area (Å²) in [5.41, 5.74) is 0. The van der Waals surface area contributed by atoms with Crippen molar-refractivity contribution >= 4 is 81.8 Å². The van der Waals surface area contributed by atoms with Crippen LogP contribution in [0.3, 0.4) is 0 Å². The molecule has 0 aliphatic heterocycles. The molecule has 17 heteroatoms. The molecule has 0 unspecified atom stereocenters. The van der Waals surface area contributed by atoms with Gasteiger partial charge in [-0.15, -0.1) is 0 Å². The Bertz CT molecular complexity index is 343. The molecule has 0 N–H and O–H groups in total. The van der Waals surface area contributed by atoms with Crippen LogP contribution < -0.4 is 0 Å². The summed E-state index contributed by atoms with van der Waals surface area (Å²) in [6.45, 7) is 0. The van der Waals surface area contributed by atoms with Gasteiger partial charge in [0.25, 0.3) is 0 Å². The van der Waals surface area contributed by atoms with Crippen molar-refractivity contribution in [2.24, 2.45) is 0 Å². The third-order valence-corrected chi connectivity index (χ3v) is 0. The number of rotatable bonds is 0. The van der Waals surface area contributed by atoms with Crippen LogP contribution in [-0.2, 0) is 31.2 Å². The van der Waals surface area contributed by atoms with Gasteiger partial charge in [0.1, 0.15) is 0 Å². The van der Waals surface area contributed by atoms with Gasteiger partial charge in [0.05, 0.1) is 0 Å². The molecule has 12 nitrogen and oxygen atoms in total. The Balaban J connectivity index is -0.0000000400. The maximum atomic E-state index is 8.52. The third-order valence-electron chi connectivity index (χ3n) is 0. The van der Waals surface area contributed by atoms with Gasteiger partial charge in [-0.05, 0) is 0 Å². The van der Waals surface area contributed by atoms with Gasteiger partial charge in [0, 0.05) is 31.2 Å². The summed E-state index contributed by atoms with van der Waals surface area (Å²) < 4.78 is 102. The van der Waals surface area contributed by atoms with Crippen LogP contribution in [0.25, 0.3) is 0 Å². The van der Waals surface area contributed by atoms with Crippen molar-refractivity contribution in [1.82, 2.24) is 0 Å². The third kappa shape index (κ3) is 2360. The zero-order valence-corrected chi connectivity index (χ0v) is 15.5. The Morgan fingerprint density at radius 3 is 0.471 bits per heavy atom. The molecule has 0 spiro atoms. The summed E-state index contributed by atoms with van der Waals surface area (Å²) >= 11 is 0. The molecule has 0 heterocycles. The predicted octanol–water partition coefficient (Wildman–Crippen LogP) is -4.78. The smallest absolute Gasteiger partial charge is 0.759 e. The summed E-state index contributed by atoms with van der Waals surface area (Å²) in [4.78, 5) is 0. The van der Waals surface area contributed by atoms with E-state index in [-0.39, 0.29) is 50.6 Å². The molecule has 0 aromatic carbocycles. The topological polar surface area (TPSA) is 241 Å². The average Bonchev–Trinajstić information content (AvgIpc) is 1.41. The van der Waals surface area contributed by atoms with E-state index in [2.05, 4.69) is 0 Å². The van der Waals surface area contributed by atoms with Crippen molar-refractivity contribution in [2.75, 3.05) is 0 Å². The molecule has 0 aromatic heterocycles.